The predicted molar refractivity (Wildman–Crippen MR) is 118 cm³/mol. The van der Waals surface area contributed by atoms with Gasteiger partial charge >= 0.3 is 35.8 Å². The number of carbonyl (C=O) groups excluding carboxylic acids is 6. The first-order chi connectivity index (χ1) is 16.3. The van der Waals surface area contributed by atoms with E-state index in [4.69, 9.17) is 28.4 Å². The predicted octanol–water partition coefficient (Wildman–Crippen LogP) is 0.975. The summed E-state index contributed by atoms with van der Waals surface area (Å²) in [6.45, 7) is 13.6. The van der Waals surface area contributed by atoms with Crippen LogP contribution in [0.15, 0.2) is 38.0 Å². The van der Waals surface area contributed by atoms with Gasteiger partial charge in [0.2, 0.25) is 0 Å². The fourth-order valence-corrected chi connectivity index (χ4v) is 2.02. The summed E-state index contributed by atoms with van der Waals surface area (Å²) in [4.78, 5) is 70.3. The van der Waals surface area contributed by atoms with Gasteiger partial charge in [0.25, 0.3) is 0 Å². The smallest absolute Gasteiger partial charge is 0.347 e. The van der Waals surface area contributed by atoms with Crippen molar-refractivity contribution in [1.82, 2.24) is 0 Å². The lowest BCUT2D eigenvalue weighted by atomic mass is 9.94. The maximum absolute atomic E-state index is 12.2. The van der Waals surface area contributed by atoms with Gasteiger partial charge in [0.15, 0.2) is 18.3 Å². The first kappa shape index (κ1) is 31.0. The molecule has 0 aliphatic carbocycles. The second-order valence-electron chi connectivity index (χ2n) is 7.48. The lowest BCUT2D eigenvalue weighted by Crippen LogP contribution is -2.40. The van der Waals surface area contributed by atoms with Crippen LogP contribution in [0.25, 0.3) is 0 Å². The molecular formula is C23H30O12. The Bertz CT molecular complexity index is 736. The number of esters is 6. The molecule has 0 aromatic carbocycles. The molecule has 0 saturated carbocycles. The lowest BCUT2D eigenvalue weighted by Gasteiger charge is -2.29. The van der Waals surface area contributed by atoms with E-state index >= 15 is 0 Å². The first-order valence-electron chi connectivity index (χ1n) is 10.3. The highest BCUT2D eigenvalue weighted by Gasteiger charge is 2.34. The van der Waals surface area contributed by atoms with Crippen molar-refractivity contribution in [2.24, 2.45) is 5.41 Å². The Kier molecular flexibility index (Phi) is 13.3. The second-order valence-corrected chi connectivity index (χ2v) is 7.48. The molecule has 0 bridgehead atoms. The molecule has 0 aromatic rings. The minimum absolute atomic E-state index is 0.440. The molecule has 0 rings (SSSR count). The summed E-state index contributed by atoms with van der Waals surface area (Å²) >= 11 is 0. The van der Waals surface area contributed by atoms with Crippen molar-refractivity contribution in [2.75, 3.05) is 19.8 Å². The molecule has 0 aliphatic heterocycles. The van der Waals surface area contributed by atoms with Crippen molar-refractivity contribution >= 4 is 35.8 Å². The minimum atomic E-state index is -1.30. The molecule has 3 unspecified atom stereocenters. The highest BCUT2D eigenvalue weighted by atomic mass is 16.6. The van der Waals surface area contributed by atoms with Gasteiger partial charge in [-0.3, -0.25) is 0 Å². The average molecular weight is 498 g/mol. The van der Waals surface area contributed by atoms with E-state index in [-0.39, 0.29) is 0 Å². The van der Waals surface area contributed by atoms with Crippen LogP contribution in [0.3, 0.4) is 0 Å². The standard InChI is InChI=1S/C23H30O12/c1-8-17(24)33-14(4)20(27)30-11-23(7,12-31-21(28)15(5)34-18(25)9-2)13-32-22(29)16(6)35-19(26)10-3/h8-10,14-16H,1-3,11-13H2,4-7H3. The Morgan fingerprint density at radius 1 is 0.600 bits per heavy atom. The van der Waals surface area contributed by atoms with Crippen LogP contribution in [0.4, 0.5) is 0 Å². The lowest BCUT2D eigenvalue weighted by molar-refractivity contribution is -0.177. The number of hydrogen-bond acceptors (Lipinski definition) is 12. The molecule has 0 heterocycles. The largest absolute Gasteiger partial charge is 0.462 e. The van der Waals surface area contributed by atoms with Gasteiger partial charge in [-0.2, -0.15) is 0 Å². The Labute approximate surface area is 202 Å². The van der Waals surface area contributed by atoms with Crippen molar-refractivity contribution in [3.8, 4) is 0 Å². The molecule has 194 valence electrons. The molecule has 3 atom stereocenters. The molecule has 0 aromatic heterocycles. The van der Waals surface area contributed by atoms with E-state index in [0.29, 0.717) is 0 Å². The summed E-state index contributed by atoms with van der Waals surface area (Å²) < 4.78 is 29.7. The fourth-order valence-electron chi connectivity index (χ4n) is 2.02. The van der Waals surface area contributed by atoms with Crippen molar-refractivity contribution in [3.63, 3.8) is 0 Å². The van der Waals surface area contributed by atoms with E-state index in [1.54, 1.807) is 0 Å². The summed E-state index contributed by atoms with van der Waals surface area (Å²) in [7, 11) is 0. The van der Waals surface area contributed by atoms with Crippen LogP contribution in [0.2, 0.25) is 0 Å². The zero-order valence-electron chi connectivity index (χ0n) is 20.1. The number of rotatable bonds is 15. The van der Waals surface area contributed by atoms with Crippen molar-refractivity contribution in [1.29, 1.82) is 0 Å². The maximum atomic E-state index is 12.2. The molecule has 12 nitrogen and oxygen atoms in total. The van der Waals surface area contributed by atoms with Gasteiger partial charge in [-0.1, -0.05) is 19.7 Å². The molecule has 0 radical (unpaired) electrons. The van der Waals surface area contributed by atoms with E-state index in [0.717, 1.165) is 18.2 Å². The summed E-state index contributed by atoms with van der Waals surface area (Å²) in [6.07, 6.45) is -1.21. The average Bonchev–Trinajstić information content (AvgIpc) is 2.83. The normalized spacial score (nSPS) is 14.4. The van der Waals surface area contributed by atoms with E-state index in [9.17, 15) is 28.8 Å². The number of ether oxygens (including phenoxy) is 6. The zero-order valence-corrected chi connectivity index (χ0v) is 20.1. The van der Waals surface area contributed by atoms with Gasteiger partial charge in [0.1, 0.15) is 19.8 Å². The molecule has 0 fully saturated rings. The van der Waals surface area contributed by atoms with Gasteiger partial charge < -0.3 is 28.4 Å². The van der Waals surface area contributed by atoms with Crippen LogP contribution in [-0.4, -0.2) is 73.9 Å². The highest BCUT2D eigenvalue weighted by Crippen LogP contribution is 2.20. The van der Waals surface area contributed by atoms with Crippen LogP contribution in [-0.2, 0) is 57.2 Å². The molecule has 0 N–H and O–H groups in total. The van der Waals surface area contributed by atoms with Gasteiger partial charge in [0, 0.05) is 18.2 Å². The fraction of sp³-hybridized carbons (Fsp3) is 0.478. The van der Waals surface area contributed by atoms with E-state index in [1.807, 2.05) is 0 Å². The van der Waals surface area contributed by atoms with Gasteiger partial charge in [0.05, 0.1) is 5.41 Å². The third-order valence-electron chi connectivity index (χ3n) is 4.06. The molecule has 0 aliphatic rings. The summed E-state index contributed by atoms with van der Waals surface area (Å²) in [6, 6.07) is 0. The van der Waals surface area contributed by atoms with Crippen molar-refractivity contribution in [2.45, 2.75) is 46.0 Å². The Hall–Kier alpha value is -3.96. The van der Waals surface area contributed by atoms with Gasteiger partial charge in [-0.25, -0.2) is 28.8 Å². The van der Waals surface area contributed by atoms with E-state index in [2.05, 4.69) is 19.7 Å². The van der Waals surface area contributed by atoms with Crippen LogP contribution >= 0.6 is 0 Å². The second kappa shape index (κ2) is 15.0. The molecular weight excluding hydrogens is 468 g/mol. The molecule has 0 saturated heterocycles. The maximum Gasteiger partial charge on any atom is 0.347 e. The topological polar surface area (TPSA) is 158 Å². The van der Waals surface area contributed by atoms with Crippen LogP contribution in [0.5, 0.6) is 0 Å². The Balaban J connectivity index is 5.29. The number of hydrogen-bond donors (Lipinski definition) is 0. The van der Waals surface area contributed by atoms with Crippen LogP contribution < -0.4 is 0 Å². The minimum Gasteiger partial charge on any atom is -0.462 e. The van der Waals surface area contributed by atoms with E-state index < -0.39 is 79.4 Å². The molecule has 0 amide bonds. The number of carbonyl (C=O) groups is 6. The van der Waals surface area contributed by atoms with Gasteiger partial charge in [-0.15, -0.1) is 0 Å². The van der Waals surface area contributed by atoms with Crippen molar-refractivity contribution in [3.05, 3.63) is 38.0 Å². The summed E-state index contributed by atoms with van der Waals surface area (Å²) in [5.41, 5.74) is -1.30. The Morgan fingerprint density at radius 2 is 0.829 bits per heavy atom. The third kappa shape index (κ3) is 12.2. The highest BCUT2D eigenvalue weighted by molar-refractivity contribution is 5.86. The molecule has 0 spiro atoms. The van der Waals surface area contributed by atoms with Crippen LogP contribution in [0.1, 0.15) is 27.7 Å². The zero-order chi connectivity index (χ0) is 27.2. The summed E-state index contributed by atoms with van der Waals surface area (Å²) in [5.74, 6) is -5.30. The van der Waals surface area contributed by atoms with Crippen molar-refractivity contribution < 1.29 is 57.2 Å². The quantitative estimate of drug-likeness (QED) is 0.179. The molecule has 35 heavy (non-hydrogen) atoms. The SMILES string of the molecule is C=CC(=O)OC(C)C(=O)OCC(C)(COC(=O)C(C)OC(=O)C=C)COC(=O)C(C)OC(=O)C=C. The monoisotopic (exact) mass is 498 g/mol. The molecule has 12 heteroatoms. The van der Waals surface area contributed by atoms with Gasteiger partial charge in [-0.05, 0) is 27.7 Å². The Morgan fingerprint density at radius 3 is 1.03 bits per heavy atom. The van der Waals surface area contributed by atoms with Crippen LogP contribution in [0, 0.1) is 5.41 Å². The first-order valence-corrected chi connectivity index (χ1v) is 10.3. The van der Waals surface area contributed by atoms with E-state index in [1.165, 1.54) is 27.7 Å². The summed E-state index contributed by atoms with van der Waals surface area (Å²) in [5, 5.41) is 0. The third-order valence-corrected chi connectivity index (χ3v) is 4.06.